The van der Waals surface area contributed by atoms with Crippen molar-refractivity contribution in [2.75, 3.05) is 0 Å². The van der Waals surface area contributed by atoms with Gasteiger partial charge < -0.3 is 15.2 Å². The summed E-state index contributed by atoms with van der Waals surface area (Å²) in [5.74, 6) is -0.616. The van der Waals surface area contributed by atoms with E-state index >= 15 is 0 Å². The SMILES string of the molecule is CC(NC(=O)OCc1ccccc1)[C@H]1CC[C@H](C(=O)O)CC1. The van der Waals surface area contributed by atoms with Gasteiger partial charge in [-0.05, 0) is 44.1 Å². The van der Waals surface area contributed by atoms with Crippen molar-refractivity contribution in [3.63, 3.8) is 0 Å². The first-order valence-corrected chi connectivity index (χ1v) is 7.76. The van der Waals surface area contributed by atoms with Crippen molar-refractivity contribution in [1.29, 1.82) is 0 Å². The molecule has 5 heteroatoms. The maximum absolute atomic E-state index is 11.8. The van der Waals surface area contributed by atoms with Crippen LogP contribution in [-0.2, 0) is 16.1 Å². The van der Waals surface area contributed by atoms with E-state index in [0.717, 1.165) is 18.4 Å². The van der Waals surface area contributed by atoms with Crippen molar-refractivity contribution >= 4 is 12.1 Å². The third-order valence-corrected chi connectivity index (χ3v) is 4.39. The minimum Gasteiger partial charge on any atom is -0.481 e. The lowest BCUT2D eigenvalue weighted by molar-refractivity contribution is -0.143. The Morgan fingerprint density at radius 2 is 1.86 bits per heavy atom. The molecular formula is C17H23NO4. The molecular weight excluding hydrogens is 282 g/mol. The Morgan fingerprint density at radius 1 is 1.23 bits per heavy atom. The van der Waals surface area contributed by atoms with Crippen LogP contribution in [0.2, 0.25) is 0 Å². The number of aliphatic carboxylic acids is 1. The van der Waals surface area contributed by atoms with Crippen LogP contribution < -0.4 is 5.32 Å². The van der Waals surface area contributed by atoms with Crippen molar-refractivity contribution in [3.05, 3.63) is 35.9 Å². The number of carbonyl (C=O) groups excluding carboxylic acids is 1. The second kappa shape index (κ2) is 7.82. The second-order valence-corrected chi connectivity index (χ2v) is 5.94. The van der Waals surface area contributed by atoms with Gasteiger partial charge in [-0.3, -0.25) is 4.79 Å². The molecule has 0 aliphatic heterocycles. The first-order chi connectivity index (χ1) is 10.6. The molecule has 22 heavy (non-hydrogen) atoms. The van der Waals surface area contributed by atoms with Gasteiger partial charge in [-0.25, -0.2) is 4.79 Å². The number of ether oxygens (including phenoxy) is 1. The molecule has 0 saturated heterocycles. The van der Waals surface area contributed by atoms with E-state index in [1.165, 1.54) is 0 Å². The molecule has 1 amide bonds. The summed E-state index contributed by atoms with van der Waals surface area (Å²) in [6.45, 7) is 2.21. The van der Waals surface area contributed by atoms with Gasteiger partial charge in [0.25, 0.3) is 0 Å². The van der Waals surface area contributed by atoms with E-state index in [0.29, 0.717) is 18.8 Å². The largest absolute Gasteiger partial charge is 0.481 e. The van der Waals surface area contributed by atoms with Gasteiger partial charge in [-0.1, -0.05) is 30.3 Å². The Kier molecular flexibility index (Phi) is 5.81. The van der Waals surface area contributed by atoms with Crippen LogP contribution in [0.15, 0.2) is 30.3 Å². The van der Waals surface area contributed by atoms with Crippen LogP contribution in [0.25, 0.3) is 0 Å². The summed E-state index contributed by atoms with van der Waals surface area (Å²) >= 11 is 0. The highest BCUT2D eigenvalue weighted by Crippen LogP contribution is 2.30. The van der Waals surface area contributed by atoms with E-state index in [1.54, 1.807) is 0 Å². The van der Waals surface area contributed by atoms with E-state index < -0.39 is 12.1 Å². The highest BCUT2D eigenvalue weighted by molar-refractivity contribution is 5.70. The Labute approximate surface area is 130 Å². The molecule has 1 aromatic rings. The van der Waals surface area contributed by atoms with Gasteiger partial charge in [0.15, 0.2) is 0 Å². The summed E-state index contributed by atoms with van der Waals surface area (Å²) in [6.07, 6.45) is 2.61. The average Bonchev–Trinajstić information content (AvgIpc) is 2.54. The van der Waals surface area contributed by atoms with Gasteiger partial charge in [0.05, 0.1) is 5.92 Å². The Bertz CT molecular complexity index is 495. The predicted octanol–water partition coefficient (Wildman–Crippen LogP) is 3.19. The summed E-state index contributed by atoms with van der Waals surface area (Å²) in [6, 6.07) is 9.53. The summed E-state index contributed by atoms with van der Waals surface area (Å²) in [5, 5.41) is 11.9. The minimum atomic E-state index is -0.707. The van der Waals surface area contributed by atoms with Crippen molar-refractivity contribution < 1.29 is 19.4 Å². The Morgan fingerprint density at radius 3 is 2.45 bits per heavy atom. The molecule has 0 heterocycles. The molecule has 1 aliphatic rings. The van der Waals surface area contributed by atoms with Gasteiger partial charge in [0.1, 0.15) is 6.61 Å². The van der Waals surface area contributed by atoms with E-state index in [9.17, 15) is 9.59 Å². The number of amides is 1. The standard InChI is InChI=1S/C17H23NO4/c1-12(14-7-9-15(10-8-14)16(19)20)18-17(21)22-11-13-5-3-2-4-6-13/h2-6,12,14-15H,7-11H2,1H3,(H,18,21)(H,19,20)/t12?,14-,15-. The normalized spacial score (nSPS) is 22.6. The minimum absolute atomic E-state index is 0.00183. The number of carboxylic acids is 1. The lowest BCUT2D eigenvalue weighted by Crippen LogP contribution is -2.40. The highest BCUT2D eigenvalue weighted by atomic mass is 16.5. The zero-order valence-electron chi connectivity index (χ0n) is 12.8. The van der Waals surface area contributed by atoms with E-state index in [4.69, 9.17) is 9.84 Å². The summed E-state index contributed by atoms with van der Waals surface area (Å²) < 4.78 is 5.20. The Balaban J connectivity index is 1.71. The van der Waals surface area contributed by atoms with Crippen LogP contribution in [0.3, 0.4) is 0 Å². The van der Waals surface area contributed by atoms with Gasteiger partial charge in [0, 0.05) is 6.04 Å². The lowest BCUT2D eigenvalue weighted by atomic mass is 9.79. The van der Waals surface area contributed by atoms with Gasteiger partial charge >= 0.3 is 12.1 Å². The van der Waals surface area contributed by atoms with Crippen molar-refractivity contribution in [2.24, 2.45) is 11.8 Å². The monoisotopic (exact) mass is 305 g/mol. The third-order valence-electron chi connectivity index (χ3n) is 4.39. The molecule has 1 aliphatic carbocycles. The summed E-state index contributed by atoms with van der Waals surface area (Å²) in [5.41, 5.74) is 0.951. The molecule has 1 saturated carbocycles. The van der Waals surface area contributed by atoms with Crippen molar-refractivity contribution in [3.8, 4) is 0 Å². The maximum Gasteiger partial charge on any atom is 0.407 e. The van der Waals surface area contributed by atoms with Crippen molar-refractivity contribution in [1.82, 2.24) is 5.32 Å². The van der Waals surface area contributed by atoms with Gasteiger partial charge in [-0.2, -0.15) is 0 Å². The van der Waals surface area contributed by atoms with Crippen LogP contribution in [0.1, 0.15) is 38.2 Å². The third kappa shape index (κ3) is 4.76. The fourth-order valence-electron chi connectivity index (χ4n) is 2.93. The highest BCUT2D eigenvalue weighted by Gasteiger charge is 2.29. The lowest BCUT2D eigenvalue weighted by Gasteiger charge is -2.30. The molecule has 0 radical (unpaired) electrons. The van der Waals surface area contributed by atoms with Gasteiger partial charge in [-0.15, -0.1) is 0 Å². The van der Waals surface area contributed by atoms with E-state index in [-0.39, 0.29) is 18.6 Å². The molecule has 0 aromatic heterocycles. The first-order valence-electron chi connectivity index (χ1n) is 7.76. The van der Waals surface area contributed by atoms with Crippen LogP contribution >= 0.6 is 0 Å². The molecule has 2 N–H and O–H groups in total. The predicted molar refractivity (Wildman–Crippen MR) is 82.3 cm³/mol. The van der Waals surface area contributed by atoms with Crippen LogP contribution in [0.4, 0.5) is 4.79 Å². The molecule has 0 spiro atoms. The van der Waals surface area contributed by atoms with Gasteiger partial charge in [0.2, 0.25) is 0 Å². The van der Waals surface area contributed by atoms with Crippen molar-refractivity contribution in [2.45, 2.75) is 45.3 Å². The van der Waals surface area contributed by atoms with Crippen LogP contribution in [0, 0.1) is 11.8 Å². The molecule has 1 unspecified atom stereocenters. The number of hydrogen-bond donors (Lipinski definition) is 2. The van der Waals surface area contributed by atoms with E-state index in [2.05, 4.69) is 5.32 Å². The fraction of sp³-hybridized carbons (Fsp3) is 0.529. The number of alkyl carbamates (subject to hydrolysis) is 1. The number of carboxylic acid groups (broad SMARTS) is 1. The molecule has 1 atom stereocenters. The molecule has 2 rings (SSSR count). The quantitative estimate of drug-likeness (QED) is 0.876. The fourth-order valence-corrected chi connectivity index (χ4v) is 2.93. The number of nitrogens with one attached hydrogen (secondary N) is 1. The second-order valence-electron chi connectivity index (χ2n) is 5.94. The number of rotatable bonds is 5. The number of carbonyl (C=O) groups is 2. The average molecular weight is 305 g/mol. The molecule has 1 aromatic carbocycles. The summed E-state index contributed by atoms with van der Waals surface area (Å²) in [7, 11) is 0. The molecule has 5 nitrogen and oxygen atoms in total. The number of hydrogen-bond acceptors (Lipinski definition) is 3. The van der Waals surface area contributed by atoms with Crippen LogP contribution in [-0.4, -0.2) is 23.2 Å². The first kappa shape index (κ1) is 16.3. The molecule has 120 valence electrons. The molecule has 0 bridgehead atoms. The zero-order valence-corrected chi connectivity index (χ0v) is 12.8. The summed E-state index contributed by atoms with van der Waals surface area (Å²) in [4.78, 5) is 22.8. The van der Waals surface area contributed by atoms with Crippen LogP contribution in [0.5, 0.6) is 0 Å². The topological polar surface area (TPSA) is 75.6 Å². The zero-order chi connectivity index (χ0) is 15.9. The molecule has 1 fully saturated rings. The maximum atomic E-state index is 11.8. The Hall–Kier alpha value is -2.04. The van der Waals surface area contributed by atoms with E-state index in [1.807, 2.05) is 37.3 Å². The smallest absolute Gasteiger partial charge is 0.407 e. The number of benzene rings is 1.